The summed E-state index contributed by atoms with van der Waals surface area (Å²) in [7, 11) is 0. The van der Waals surface area contributed by atoms with Crippen molar-refractivity contribution in [3.8, 4) is 11.6 Å². The molecule has 0 N–H and O–H groups in total. The van der Waals surface area contributed by atoms with Crippen LogP contribution in [-0.4, -0.2) is 24.7 Å². The van der Waals surface area contributed by atoms with E-state index in [0.717, 1.165) is 23.7 Å². The van der Waals surface area contributed by atoms with Crippen molar-refractivity contribution in [3.05, 3.63) is 48.1 Å². The van der Waals surface area contributed by atoms with Crippen LogP contribution in [0.4, 0.5) is 0 Å². The summed E-state index contributed by atoms with van der Waals surface area (Å²) >= 11 is 7.55. The second-order valence-electron chi connectivity index (χ2n) is 5.45. The van der Waals surface area contributed by atoms with Crippen LogP contribution in [0.25, 0.3) is 11.6 Å². The highest BCUT2D eigenvalue weighted by Gasteiger charge is 2.27. The largest absolute Gasteiger partial charge is 0.461 e. The minimum Gasteiger partial charge on any atom is -0.461 e. The summed E-state index contributed by atoms with van der Waals surface area (Å²) in [6.45, 7) is 4.37. The van der Waals surface area contributed by atoms with Crippen molar-refractivity contribution in [1.82, 2.24) is 24.7 Å². The summed E-state index contributed by atoms with van der Waals surface area (Å²) in [5, 5.41) is 10.4. The van der Waals surface area contributed by atoms with Gasteiger partial charge >= 0.3 is 0 Å². The molecule has 0 radical (unpaired) electrons. The first-order valence-electron chi connectivity index (χ1n) is 7.55. The fourth-order valence-electron chi connectivity index (χ4n) is 2.33. The molecule has 3 aromatic rings. The molecule has 8 heteroatoms. The van der Waals surface area contributed by atoms with Crippen LogP contribution in [0.1, 0.15) is 24.6 Å². The molecule has 1 fully saturated rings. The van der Waals surface area contributed by atoms with Gasteiger partial charge in [0.15, 0.2) is 10.9 Å². The average Bonchev–Trinajstić information content (AvgIpc) is 3.14. The third-order valence-corrected chi connectivity index (χ3v) is 4.69. The molecule has 1 aliphatic rings. The van der Waals surface area contributed by atoms with Gasteiger partial charge in [-0.1, -0.05) is 17.7 Å². The Hall–Kier alpha value is -2.12. The highest BCUT2D eigenvalue weighted by atomic mass is 35.5. The second-order valence-corrected chi connectivity index (χ2v) is 6.82. The van der Waals surface area contributed by atoms with E-state index in [1.54, 1.807) is 18.4 Å². The Morgan fingerprint density at radius 3 is 2.96 bits per heavy atom. The first-order valence-corrected chi connectivity index (χ1v) is 8.74. The summed E-state index contributed by atoms with van der Waals surface area (Å²) in [6.07, 6.45) is 5.66. The second kappa shape index (κ2) is 6.41. The minimum atomic E-state index is 0.438. The highest BCUT2D eigenvalue weighted by Crippen LogP contribution is 2.39. The number of rotatable bonds is 6. The first-order chi connectivity index (χ1) is 11.7. The van der Waals surface area contributed by atoms with Crippen molar-refractivity contribution in [2.75, 3.05) is 0 Å². The maximum Gasteiger partial charge on any atom is 0.200 e. The van der Waals surface area contributed by atoms with Gasteiger partial charge in [-0.3, -0.25) is 4.57 Å². The fourth-order valence-corrected chi connectivity index (χ4v) is 3.43. The summed E-state index contributed by atoms with van der Waals surface area (Å²) in [6, 6.07) is 5.42. The molecule has 0 unspecified atom stereocenters. The van der Waals surface area contributed by atoms with Gasteiger partial charge in [-0.2, -0.15) is 0 Å². The number of aromatic nitrogens is 5. The maximum atomic E-state index is 6.14. The summed E-state index contributed by atoms with van der Waals surface area (Å²) in [4.78, 5) is 8.91. The zero-order valence-electron chi connectivity index (χ0n) is 12.7. The Morgan fingerprint density at radius 1 is 1.38 bits per heavy atom. The molecule has 122 valence electrons. The Bertz CT molecular complexity index is 873. The van der Waals surface area contributed by atoms with Crippen molar-refractivity contribution >= 4 is 23.4 Å². The van der Waals surface area contributed by atoms with Crippen molar-refractivity contribution < 1.29 is 4.42 Å². The smallest absolute Gasteiger partial charge is 0.200 e. The Kier molecular flexibility index (Phi) is 4.12. The average molecular weight is 360 g/mol. The highest BCUT2D eigenvalue weighted by molar-refractivity contribution is 7.99. The maximum absolute atomic E-state index is 6.14. The van der Waals surface area contributed by atoms with Crippen LogP contribution in [0.2, 0.25) is 5.15 Å². The van der Waals surface area contributed by atoms with E-state index in [4.69, 9.17) is 16.0 Å². The molecule has 0 amide bonds. The molecule has 0 spiro atoms. The SMILES string of the molecule is C=CCn1c(Sc2cc(Cl)nc(C3CC3)n2)nnc1-c1ccco1. The number of hydrogen-bond donors (Lipinski definition) is 0. The standard InChI is InChI=1S/C16H14ClN5OS/c1-2-7-22-15(11-4-3-8-23-11)20-21-16(22)24-13-9-12(17)18-14(19-13)10-5-6-10/h2-4,8-10H,1,5-7H2. The first kappa shape index (κ1) is 15.4. The van der Waals surface area contributed by atoms with Crippen LogP contribution in [-0.2, 0) is 6.54 Å². The third-order valence-electron chi connectivity index (χ3n) is 3.60. The summed E-state index contributed by atoms with van der Waals surface area (Å²) in [5.74, 6) is 2.57. The third kappa shape index (κ3) is 3.09. The fraction of sp³-hybridized carbons (Fsp3) is 0.250. The van der Waals surface area contributed by atoms with Gasteiger partial charge in [-0.15, -0.1) is 16.8 Å². The zero-order valence-corrected chi connectivity index (χ0v) is 14.3. The molecule has 0 bridgehead atoms. The van der Waals surface area contributed by atoms with Crippen LogP contribution in [0.5, 0.6) is 0 Å². The number of furan rings is 1. The van der Waals surface area contributed by atoms with E-state index in [1.807, 2.05) is 16.7 Å². The lowest BCUT2D eigenvalue weighted by atomic mass is 10.4. The van der Waals surface area contributed by atoms with E-state index < -0.39 is 0 Å². The topological polar surface area (TPSA) is 69.6 Å². The van der Waals surface area contributed by atoms with Gasteiger partial charge in [-0.05, 0) is 36.7 Å². The molecular weight excluding hydrogens is 346 g/mol. The predicted molar refractivity (Wildman–Crippen MR) is 91.1 cm³/mol. The van der Waals surface area contributed by atoms with E-state index in [2.05, 4.69) is 26.7 Å². The molecular formula is C16H14ClN5OS. The molecule has 0 atom stereocenters. The van der Waals surface area contributed by atoms with Gasteiger partial charge in [0.25, 0.3) is 0 Å². The van der Waals surface area contributed by atoms with Crippen LogP contribution in [0, 0.1) is 0 Å². The van der Waals surface area contributed by atoms with E-state index >= 15 is 0 Å². The predicted octanol–water partition coefficient (Wildman–Crippen LogP) is 4.20. The van der Waals surface area contributed by atoms with E-state index in [0.29, 0.717) is 34.4 Å². The molecule has 0 aliphatic heterocycles. The molecule has 24 heavy (non-hydrogen) atoms. The molecule has 1 saturated carbocycles. The molecule has 1 aliphatic carbocycles. The Labute approximate surface area is 148 Å². The number of halogens is 1. The number of hydrogen-bond acceptors (Lipinski definition) is 6. The van der Waals surface area contributed by atoms with Crippen molar-refractivity contribution in [2.45, 2.75) is 35.5 Å². The van der Waals surface area contributed by atoms with E-state index in [9.17, 15) is 0 Å². The van der Waals surface area contributed by atoms with Crippen LogP contribution in [0.3, 0.4) is 0 Å². The lowest BCUT2D eigenvalue weighted by Gasteiger charge is -2.07. The van der Waals surface area contributed by atoms with E-state index in [1.165, 1.54) is 11.8 Å². The quantitative estimate of drug-likeness (QED) is 0.485. The number of allylic oxidation sites excluding steroid dienone is 1. The lowest BCUT2D eigenvalue weighted by molar-refractivity contribution is 0.569. The lowest BCUT2D eigenvalue weighted by Crippen LogP contribution is -2.01. The van der Waals surface area contributed by atoms with Gasteiger partial charge in [-0.25, -0.2) is 9.97 Å². The van der Waals surface area contributed by atoms with Crippen molar-refractivity contribution in [3.63, 3.8) is 0 Å². The molecule has 0 saturated heterocycles. The Morgan fingerprint density at radius 2 is 2.25 bits per heavy atom. The summed E-state index contributed by atoms with van der Waals surface area (Å²) < 4.78 is 7.37. The Balaban J connectivity index is 1.68. The van der Waals surface area contributed by atoms with Gasteiger partial charge in [0.05, 0.1) is 6.26 Å². The van der Waals surface area contributed by atoms with Gasteiger partial charge in [0, 0.05) is 18.5 Å². The van der Waals surface area contributed by atoms with Crippen molar-refractivity contribution in [1.29, 1.82) is 0 Å². The van der Waals surface area contributed by atoms with Gasteiger partial charge < -0.3 is 4.42 Å². The van der Waals surface area contributed by atoms with Crippen LogP contribution >= 0.6 is 23.4 Å². The minimum absolute atomic E-state index is 0.438. The van der Waals surface area contributed by atoms with Gasteiger partial charge in [0.2, 0.25) is 5.82 Å². The van der Waals surface area contributed by atoms with E-state index in [-0.39, 0.29) is 0 Å². The monoisotopic (exact) mass is 359 g/mol. The molecule has 6 nitrogen and oxygen atoms in total. The van der Waals surface area contributed by atoms with Crippen LogP contribution in [0.15, 0.2) is 51.7 Å². The van der Waals surface area contributed by atoms with Gasteiger partial charge in [0.1, 0.15) is 16.0 Å². The molecule has 3 heterocycles. The molecule has 0 aromatic carbocycles. The van der Waals surface area contributed by atoms with Crippen molar-refractivity contribution in [2.24, 2.45) is 0 Å². The zero-order chi connectivity index (χ0) is 16.5. The molecule has 4 rings (SSSR count). The van der Waals surface area contributed by atoms with Crippen LogP contribution < -0.4 is 0 Å². The number of nitrogens with zero attached hydrogens (tertiary/aromatic N) is 5. The molecule has 3 aromatic heterocycles. The normalized spacial score (nSPS) is 14.0. The summed E-state index contributed by atoms with van der Waals surface area (Å²) in [5.41, 5.74) is 0.